The maximum Gasteiger partial charge on any atom is 0.171 e. The molecule has 0 spiro atoms. The molecule has 1 saturated carbocycles. The number of nitrogens with one attached hydrogen (secondary N) is 2. The molecule has 1 fully saturated rings. The molecule has 2 nitrogen and oxygen atoms in total. The molecule has 0 amide bonds. The summed E-state index contributed by atoms with van der Waals surface area (Å²) in [6.07, 6.45) is 4.72. The average Bonchev–Trinajstić information content (AvgIpc) is 3.01. The molecule has 23 heavy (non-hydrogen) atoms. The molecule has 0 saturated heterocycles. The van der Waals surface area contributed by atoms with Crippen molar-refractivity contribution in [2.45, 2.75) is 38.1 Å². The van der Waals surface area contributed by atoms with Crippen LogP contribution < -0.4 is 10.6 Å². The summed E-state index contributed by atoms with van der Waals surface area (Å²) in [5.74, 6) is 0. The molecule has 1 aliphatic rings. The monoisotopic (exact) mass is 388 g/mol. The number of rotatable bonds is 3. The van der Waals surface area contributed by atoms with Crippen LogP contribution in [-0.2, 0) is 5.54 Å². The second-order valence-corrected chi connectivity index (χ2v) is 7.46. The van der Waals surface area contributed by atoms with Gasteiger partial charge in [0.25, 0.3) is 0 Å². The summed E-state index contributed by atoms with van der Waals surface area (Å²) in [7, 11) is 0. The van der Waals surface area contributed by atoms with Gasteiger partial charge in [-0.2, -0.15) is 0 Å². The van der Waals surface area contributed by atoms with Gasteiger partial charge in [-0.05, 0) is 61.3 Å². The lowest BCUT2D eigenvalue weighted by atomic mass is 9.88. The van der Waals surface area contributed by atoms with Crippen molar-refractivity contribution in [1.82, 2.24) is 5.32 Å². The van der Waals surface area contributed by atoms with Crippen LogP contribution in [-0.4, -0.2) is 5.11 Å². The molecule has 0 bridgehead atoms. The summed E-state index contributed by atoms with van der Waals surface area (Å²) in [6, 6.07) is 16.8. The fourth-order valence-electron chi connectivity index (χ4n) is 3.32. The molecule has 0 atom stereocenters. The molecule has 0 aliphatic heterocycles. The minimum Gasteiger partial charge on any atom is -0.353 e. The lowest BCUT2D eigenvalue weighted by Crippen LogP contribution is -2.45. The fraction of sp³-hybridized carbons (Fsp3) is 0.316. The Morgan fingerprint density at radius 2 is 1.78 bits per heavy atom. The van der Waals surface area contributed by atoms with Crippen LogP contribution in [0.15, 0.2) is 53.0 Å². The molecule has 4 heteroatoms. The van der Waals surface area contributed by atoms with E-state index in [1.54, 1.807) is 0 Å². The lowest BCUT2D eigenvalue weighted by Gasteiger charge is -2.32. The van der Waals surface area contributed by atoms with Crippen molar-refractivity contribution in [3.8, 4) is 0 Å². The Bertz CT molecular complexity index is 694. The first kappa shape index (κ1) is 16.5. The van der Waals surface area contributed by atoms with Crippen molar-refractivity contribution in [2.24, 2.45) is 0 Å². The van der Waals surface area contributed by atoms with Gasteiger partial charge in [0.2, 0.25) is 0 Å². The van der Waals surface area contributed by atoms with E-state index in [2.05, 4.69) is 69.9 Å². The van der Waals surface area contributed by atoms with Crippen LogP contribution in [0, 0.1) is 6.92 Å². The zero-order valence-corrected chi connectivity index (χ0v) is 15.6. The predicted molar refractivity (Wildman–Crippen MR) is 105 cm³/mol. The zero-order chi connectivity index (χ0) is 16.3. The molecular formula is C19H21BrN2S. The minimum atomic E-state index is -0.0320. The molecule has 2 aromatic rings. The van der Waals surface area contributed by atoms with Crippen molar-refractivity contribution in [1.29, 1.82) is 0 Å². The minimum absolute atomic E-state index is 0.0320. The van der Waals surface area contributed by atoms with Gasteiger partial charge >= 0.3 is 0 Å². The Hall–Kier alpha value is -1.39. The highest BCUT2D eigenvalue weighted by Gasteiger charge is 2.36. The fourth-order valence-corrected chi connectivity index (χ4v) is 3.88. The van der Waals surface area contributed by atoms with Crippen molar-refractivity contribution in [3.63, 3.8) is 0 Å². The van der Waals surface area contributed by atoms with Crippen molar-refractivity contribution < 1.29 is 0 Å². The van der Waals surface area contributed by atoms with E-state index in [1.165, 1.54) is 24.0 Å². The molecule has 2 N–H and O–H groups in total. The number of hydrogen-bond donors (Lipinski definition) is 2. The first-order valence-electron chi connectivity index (χ1n) is 8.00. The normalized spacial score (nSPS) is 16.1. The maximum atomic E-state index is 5.59. The highest BCUT2D eigenvalue weighted by molar-refractivity contribution is 9.10. The summed E-state index contributed by atoms with van der Waals surface area (Å²) in [4.78, 5) is 0. The molecule has 0 aromatic heterocycles. The number of benzene rings is 2. The molecule has 1 aliphatic carbocycles. The summed E-state index contributed by atoms with van der Waals surface area (Å²) in [5.41, 5.74) is 3.50. The zero-order valence-electron chi connectivity index (χ0n) is 13.2. The highest BCUT2D eigenvalue weighted by Crippen LogP contribution is 2.38. The van der Waals surface area contributed by atoms with Crippen LogP contribution in [0.4, 0.5) is 5.69 Å². The number of anilines is 1. The molecule has 0 unspecified atom stereocenters. The van der Waals surface area contributed by atoms with Crippen LogP contribution in [0.25, 0.3) is 0 Å². The third-order valence-electron chi connectivity index (χ3n) is 4.55. The van der Waals surface area contributed by atoms with E-state index in [9.17, 15) is 0 Å². The number of aryl methyl sites for hydroxylation is 1. The van der Waals surface area contributed by atoms with Gasteiger partial charge in [0.05, 0.1) is 5.54 Å². The number of thiocarbonyl (C=S) groups is 1. The van der Waals surface area contributed by atoms with Gasteiger partial charge in [-0.25, -0.2) is 0 Å². The van der Waals surface area contributed by atoms with Crippen molar-refractivity contribution in [2.75, 3.05) is 5.32 Å². The third-order valence-corrected chi connectivity index (χ3v) is 5.65. The first-order valence-corrected chi connectivity index (χ1v) is 9.20. The number of halogens is 1. The van der Waals surface area contributed by atoms with Gasteiger partial charge in [-0.15, -0.1) is 0 Å². The second kappa shape index (κ2) is 7.02. The van der Waals surface area contributed by atoms with Crippen LogP contribution in [0.5, 0.6) is 0 Å². The third kappa shape index (κ3) is 3.75. The van der Waals surface area contributed by atoms with E-state index in [4.69, 9.17) is 12.2 Å². The van der Waals surface area contributed by atoms with E-state index in [1.807, 2.05) is 12.1 Å². The topological polar surface area (TPSA) is 24.1 Å². The van der Waals surface area contributed by atoms with Gasteiger partial charge < -0.3 is 10.6 Å². The van der Waals surface area contributed by atoms with E-state index in [0.29, 0.717) is 5.11 Å². The summed E-state index contributed by atoms with van der Waals surface area (Å²) in [6.45, 7) is 2.08. The molecule has 3 rings (SSSR count). The van der Waals surface area contributed by atoms with Gasteiger partial charge in [0.1, 0.15) is 0 Å². The molecule has 0 radical (unpaired) electrons. The number of hydrogen-bond acceptors (Lipinski definition) is 1. The molecule has 120 valence electrons. The SMILES string of the molecule is Cc1cc(NC(=S)NC2(c3ccccc3)CCCC2)ccc1Br. The Kier molecular flexibility index (Phi) is 5.02. The summed E-state index contributed by atoms with van der Waals surface area (Å²) >= 11 is 9.12. The van der Waals surface area contributed by atoms with Crippen LogP contribution in [0.2, 0.25) is 0 Å². The highest BCUT2D eigenvalue weighted by atomic mass is 79.9. The predicted octanol–water partition coefficient (Wildman–Crippen LogP) is 5.51. The maximum absolute atomic E-state index is 5.59. The van der Waals surface area contributed by atoms with Gasteiger partial charge in [-0.3, -0.25) is 0 Å². The van der Waals surface area contributed by atoms with E-state index in [-0.39, 0.29) is 5.54 Å². The first-order chi connectivity index (χ1) is 11.1. The van der Waals surface area contributed by atoms with Crippen molar-refractivity contribution >= 4 is 38.9 Å². The van der Waals surface area contributed by atoms with E-state index in [0.717, 1.165) is 23.0 Å². The summed E-state index contributed by atoms with van der Waals surface area (Å²) in [5, 5.41) is 7.62. The average molecular weight is 389 g/mol. The van der Waals surface area contributed by atoms with Crippen LogP contribution >= 0.6 is 28.1 Å². The van der Waals surface area contributed by atoms with Gasteiger partial charge in [0.15, 0.2) is 5.11 Å². The Morgan fingerprint density at radius 1 is 1.09 bits per heavy atom. The quantitative estimate of drug-likeness (QED) is 0.677. The van der Waals surface area contributed by atoms with Crippen molar-refractivity contribution in [3.05, 3.63) is 64.1 Å². The smallest absolute Gasteiger partial charge is 0.171 e. The lowest BCUT2D eigenvalue weighted by molar-refractivity contribution is 0.408. The van der Waals surface area contributed by atoms with E-state index < -0.39 is 0 Å². The van der Waals surface area contributed by atoms with E-state index >= 15 is 0 Å². The Balaban J connectivity index is 1.75. The van der Waals surface area contributed by atoms with Gasteiger partial charge in [0, 0.05) is 10.2 Å². The summed E-state index contributed by atoms with van der Waals surface area (Å²) < 4.78 is 1.11. The van der Waals surface area contributed by atoms with Crippen LogP contribution in [0.3, 0.4) is 0 Å². The molecule has 2 aromatic carbocycles. The molecular weight excluding hydrogens is 368 g/mol. The second-order valence-electron chi connectivity index (χ2n) is 6.20. The Morgan fingerprint density at radius 3 is 2.43 bits per heavy atom. The Labute approximate surface area is 151 Å². The largest absolute Gasteiger partial charge is 0.353 e. The standard InChI is InChI=1S/C19H21BrN2S/c1-14-13-16(9-10-17(14)20)21-18(23)22-19(11-5-6-12-19)15-7-3-2-4-8-15/h2-4,7-10,13H,5-6,11-12H2,1H3,(H2,21,22,23). The molecule has 0 heterocycles. The van der Waals surface area contributed by atoms with Gasteiger partial charge in [-0.1, -0.05) is 59.1 Å². The van der Waals surface area contributed by atoms with Crippen LogP contribution in [0.1, 0.15) is 36.8 Å².